The fourth-order valence-corrected chi connectivity index (χ4v) is 3.99. The normalized spacial score (nSPS) is 20.1. The zero-order valence-electron chi connectivity index (χ0n) is 17.7. The Bertz CT molecular complexity index is 1060. The van der Waals surface area contributed by atoms with Crippen molar-refractivity contribution in [1.82, 2.24) is 15.3 Å². The molecule has 1 fully saturated rings. The van der Waals surface area contributed by atoms with E-state index in [1.807, 2.05) is 42.6 Å². The molecule has 1 saturated carbocycles. The number of aliphatic hydroxyl groups is 1. The van der Waals surface area contributed by atoms with E-state index in [4.69, 9.17) is 0 Å². The van der Waals surface area contributed by atoms with E-state index in [-0.39, 0.29) is 18.1 Å². The van der Waals surface area contributed by atoms with Crippen molar-refractivity contribution >= 4 is 29.0 Å². The first-order valence-corrected chi connectivity index (χ1v) is 11.0. The lowest BCUT2D eigenvalue weighted by Crippen LogP contribution is -2.28. The molecule has 31 heavy (non-hydrogen) atoms. The molecule has 1 amide bonds. The molecule has 160 valence electrons. The van der Waals surface area contributed by atoms with Crippen LogP contribution in [0.25, 0.3) is 10.9 Å². The lowest BCUT2D eigenvalue weighted by Gasteiger charge is -2.21. The third kappa shape index (κ3) is 5.33. The van der Waals surface area contributed by atoms with Gasteiger partial charge in [-0.3, -0.25) is 4.79 Å². The summed E-state index contributed by atoms with van der Waals surface area (Å²) in [5.41, 5.74) is 2.35. The molecular formula is C25H28N4O2. The number of carbonyl (C=O) groups excluding carboxylic acids is 1. The second-order valence-electron chi connectivity index (χ2n) is 8.14. The van der Waals surface area contributed by atoms with Crippen molar-refractivity contribution in [1.29, 1.82) is 0 Å². The minimum atomic E-state index is -0.180. The highest BCUT2D eigenvalue weighted by Gasteiger charge is 2.18. The SMILES string of the molecule is CCC(NC(=O)c1ccc2cnc(/N=C\C3CCC(O)CC3)nc2c1)c1ccccc1. The van der Waals surface area contributed by atoms with Crippen LogP contribution in [0.1, 0.15) is 61.0 Å². The summed E-state index contributed by atoms with van der Waals surface area (Å²) < 4.78 is 0. The molecule has 0 saturated heterocycles. The van der Waals surface area contributed by atoms with Crippen molar-refractivity contribution in [2.45, 2.75) is 51.2 Å². The maximum atomic E-state index is 12.9. The summed E-state index contributed by atoms with van der Waals surface area (Å²) in [5.74, 6) is 0.623. The number of benzene rings is 2. The second-order valence-corrected chi connectivity index (χ2v) is 8.14. The van der Waals surface area contributed by atoms with Gasteiger partial charge in [-0.25, -0.2) is 15.0 Å². The number of hydrogen-bond donors (Lipinski definition) is 2. The van der Waals surface area contributed by atoms with Gasteiger partial charge in [-0.1, -0.05) is 43.3 Å². The van der Waals surface area contributed by atoms with Crippen molar-refractivity contribution in [3.8, 4) is 0 Å². The van der Waals surface area contributed by atoms with Gasteiger partial charge in [-0.15, -0.1) is 0 Å². The van der Waals surface area contributed by atoms with E-state index in [1.54, 1.807) is 18.3 Å². The lowest BCUT2D eigenvalue weighted by molar-refractivity contribution is 0.0935. The summed E-state index contributed by atoms with van der Waals surface area (Å²) in [6.45, 7) is 2.06. The summed E-state index contributed by atoms with van der Waals surface area (Å²) in [6.07, 6.45) is 7.76. The quantitative estimate of drug-likeness (QED) is 0.567. The number of amides is 1. The maximum Gasteiger partial charge on any atom is 0.251 e. The average Bonchev–Trinajstić information content (AvgIpc) is 2.82. The molecular weight excluding hydrogens is 388 g/mol. The zero-order chi connectivity index (χ0) is 21.6. The molecule has 1 atom stereocenters. The van der Waals surface area contributed by atoms with Crippen LogP contribution in [0.2, 0.25) is 0 Å². The standard InChI is InChI=1S/C25H28N4O2/c1-2-22(18-6-4-3-5-7-18)28-24(31)19-10-11-20-16-27-25(29-23(20)14-19)26-15-17-8-12-21(30)13-9-17/h3-7,10-11,14-17,21-22,30H,2,8-9,12-13H2,1H3,(H,28,31)/b26-15-. The molecule has 1 aliphatic carbocycles. The Labute approximate surface area is 182 Å². The molecule has 4 rings (SSSR count). The van der Waals surface area contributed by atoms with Crippen molar-refractivity contribution in [3.05, 3.63) is 65.9 Å². The third-order valence-electron chi connectivity index (χ3n) is 5.89. The largest absolute Gasteiger partial charge is 0.393 e. The Hall–Kier alpha value is -3.12. The van der Waals surface area contributed by atoms with Crippen LogP contribution in [-0.2, 0) is 0 Å². The average molecular weight is 417 g/mol. The smallest absolute Gasteiger partial charge is 0.251 e. The van der Waals surface area contributed by atoms with Gasteiger partial charge < -0.3 is 10.4 Å². The number of rotatable bonds is 6. The number of hydrogen-bond acceptors (Lipinski definition) is 5. The van der Waals surface area contributed by atoms with Gasteiger partial charge in [0.05, 0.1) is 17.7 Å². The zero-order valence-corrected chi connectivity index (χ0v) is 17.7. The highest BCUT2D eigenvalue weighted by atomic mass is 16.3. The summed E-state index contributed by atoms with van der Waals surface area (Å²) in [4.78, 5) is 26.2. The first kappa shape index (κ1) is 21.1. The van der Waals surface area contributed by atoms with Crippen molar-refractivity contribution in [2.24, 2.45) is 10.9 Å². The Morgan fingerprint density at radius 3 is 2.71 bits per heavy atom. The number of nitrogens with one attached hydrogen (secondary N) is 1. The number of nitrogens with zero attached hydrogens (tertiary/aromatic N) is 3. The maximum absolute atomic E-state index is 12.9. The number of aliphatic imine (C=N–C) groups is 1. The van der Waals surface area contributed by atoms with Crippen LogP contribution < -0.4 is 5.32 Å². The van der Waals surface area contributed by atoms with Gasteiger partial charge in [0.2, 0.25) is 5.95 Å². The van der Waals surface area contributed by atoms with Crippen LogP contribution in [0.5, 0.6) is 0 Å². The molecule has 3 aromatic rings. The first-order valence-electron chi connectivity index (χ1n) is 11.0. The van der Waals surface area contributed by atoms with E-state index >= 15 is 0 Å². The van der Waals surface area contributed by atoms with Crippen LogP contribution >= 0.6 is 0 Å². The highest BCUT2D eigenvalue weighted by Crippen LogP contribution is 2.24. The Balaban J connectivity index is 1.49. The Kier molecular flexibility index (Phi) is 6.67. The molecule has 6 nitrogen and oxygen atoms in total. The monoisotopic (exact) mass is 416 g/mol. The molecule has 0 bridgehead atoms. The van der Waals surface area contributed by atoms with E-state index in [0.29, 0.717) is 22.9 Å². The minimum absolute atomic E-state index is 0.0380. The highest BCUT2D eigenvalue weighted by molar-refractivity contribution is 5.98. The minimum Gasteiger partial charge on any atom is -0.393 e. The van der Waals surface area contributed by atoms with Gasteiger partial charge in [0.1, 0.15) is 0 Å². The Morgan fingerprint density at radius 2 is 1.97 bits per heavy atom. The van der Waals surface area contributed by atoms with Crippen LogP contribution in [0, 0.1) is 5.92 Å². The van der Waals surface area contributed by atoms with Gasteiger partial charge in [0.25, 0.3) is 5.91 Å². The van der Waals surface area contributed by atoms with Gasteiger partial charge >= 0.3 is 0 Å². The number of carbonyl (C=O) groups is 1. The third-order valence-corrected chi connectivity index (χ3v) is 5.89. The van der Waals surface area contributed by atoms with Crippen LogP contribution in [0.3, 0.4) is 0 Å². The molecule has 0 aliphatic heterocycles. The number of fused-ring (bicyclic) bond motifs is 1. The predicted octanol–water partition coefficient (Wildman–Crippen LogP) is 4.76. The van der Waals surface area contributed by atoms with Gasteiger partial charge in [0.15, 0.2) is 0 Å². The summed E-state index contributed by atoms with van der Waals surface area (Å²) >= 11 is 0. The van der Waals surface area contributed by atoms with Crippen LogP contribution in [0.4, 0.5) is 5.95 Å². The molecule has 2 N–H and O–H groups in total. The summed E-state index contributed by atoms with van der Waals surface area (Å²) in [5, 5.41) is 13.6. The molecule has 2 aromatic carbocycles. The number of aromatic nitrogens is 2. The summed E-state index contributed by atoms with van der Waals surface area (Å²) in [7, 11) is 0. The molecule has 0 radical (unpaired) electrons. The molecule has 1 heterocycles. The van der Waals surface area contributed by atoms with Crippen molar-refractivity contribution in [2.75, 3.05) is 0 Å². The number of aliphatic hydroxyl groups excluding tert-OH is 1. The van der Waals surface area contributed by atoms with Gasteiger partial charge in [0, 0.05) is 23.4 Å². The van der Waals surface area contributed by atoms with E-state index in [9.17, 15) is 9.90 Å². The van der Waals surface area contributed by atoms with E-state index in [1.165, 1.54) is 0 Å². The van der Waals surface area contributed by atoms with Gasteiger partial charge in [-0.05, 0) is 55.7 Å². The topological polar surface area (TPSA) is 87.5 Å². The lowest BCUT2D eigenvalue weighted by atomic mass is 9.88. The summed E-state index contributed by atoms with van der Waals surface area (Å²) in [6, 6.07) is 15.4. The molecule has 1 aliphatic rings. The fraction of sp³-hybridized carbons (Fsp3) is 0.360. The van der Waals surface area contributed by atoms with Crippen LogP contribution in [-0.4, -0.2) is 33.3 Å². The second kappa shape index (κ2) is 9.79. The predicted molar refractivity (Wildman–Crippen MR) is 123 cm³/mol. The van der Waals surface area contributed by atoms with Crippen LogP contribution in [0.15, 0.2) is 59.7 Å². The molecule has 0 spiro atoms. The van der Waals surface area contributed by atoms with Crippen molar-refractivity contribution < 1.29 is 9.90 Å². The van der Waals surface area contributed by atoms with E-state index in [2.05, 4.69) is 27.2 Å². The van der Waals surface area contributed by atoms with Gasteiger partial charge in [-0.2, -0.15) is 0 Å². The molecule has 1 unspecified atom stereocenters. The first-order chi connectivity index (χ1) is 15.1. The molecule has 1 aromatic heterocycles. The molecule has 6 heteroatoms. The Morgan fingerprint density at radius 1 is 1.19 bits per heavy atom. The van der Waals surface area contributed by atoms with E-state index in [0.717, 1.165) is 43.1 Å². The van der Waals surface area contributed by atoms with E-state index < -0.39 is 0 Å². The fourth-order valence-electron chi connectivity index (χ4n) is 3.99. The van der Waals surface area contributed by atoms with Crippen molar-refractivity contribution in [3.63, 3.8) is 0 Å².